The minimum atomic E-state index is 0.00715. The van der Waals surface area contributed by atoms with Crippen LogP contribution in [0.1, 0.15) is 31.9 Å². The highest BCUT2D eigenvalue weighted by Crippen LogP contribution is 2.27. The molecule has 78 valence electrons. The van der Waals surface area contributed by atoms with Crippen LogP contribution >= 0.6 is 11.6 Å². The first-order valence-electron chi connectivity index (χ1n) is 4.83. The van der Waals surface area contributed by atoms with E-state index in [1.54, 1.807) is 0 Å². The molecule has 14 heavy (non-hydrogen) atoms. The molecule has 1 atom stereocenters. The smallest absolute Gasteiger partial charge is 0.137 e. The van der Waals surface area contributed by atoms with Gasteiger partial charge < -0.3 is 10.5 Å². The topological polar surface area (TPSA) is 35.2 Å². The lowest BCUT2D eigenvalue weighted by atomic mass is 10.1. The molecule has 1 rings (SSSR count). The van der Waals surface area contributed by atoms with E-state index in [9.17, 15) is 0 Å². The fraction of sp³-hybridized carbons (Fsp3) is 0.455. The van der Waals surface area contributed by atoms with Crippen molar-refractivity contribution in [3.8, 4) is 5.75 Å². The van der Waals surface area contributed by atoms with E-state index in [0.717, 1.165) is 17.7 Å². The lowest BCUT2D eigenvalue weighted by Crippen LogP contribution is -2.05. The Hall–Kier alpha value is -0.730. The monoisotopic (exact) mass is 213 g/mol. The van der Waals surface area contributed by atoms with E-state index in [-0.39, 0.29) is 6.04 Å². The van der Waals surface area contributed by atoms with Gasteiger partial charge in [0.25, 0.3) is 0 Å². The molecule has 0 spiro atoms. The third kappa shape index (κ3) is 2.89. The van der Waals surface area contributed by atoms with Crippen LogP contribution in [0.5, 0.6) is 5.75 Å². The molecule has 0 unspecified atom stereocenters. The second kappa shape index (κ2) is 5.23. The summed E-state index contributed by atoms with van der Waals surface area (Å²) in [4.78, 5) is 0. The first kappa shape index (κ1) is 11.3. The lowest BCUT2D eigenvalue weighted by molar-refractivity contribution is 0.317. The van der Waals surface area contributed by atoms with Gasteiger partial charge in [-0.05, 0) is 31.0 Å². The maximum Gasteiger partial charge on any atom is 0.137 e. The van der Waals surface area contributed by atoms with Crippen LogP contribution < -0.4 is 10.5 Å². The Balaban J connectivity index is 2.79. The van der Waals surface area contributed by atoms with Gasteiger partial charge in [-0.15, -0.1) is 0 Å². The van der Waals surface area contributed by atoms with Crippen molar-refractivity contribution in [1.82, 2.24) is 0 Å². The zero-order valence-corrected chi connectivity index (χ0v) is 9.34. The predicted molar refractivity (Wildman–Crippen MR) is 59.8 cm³/mol. The van der Waals surface area contributed by atoms with Gasteiger partial charge in [0.15, 0.2) is 0 Å². The minimum Gasteiger partial charge on any atom is -0.492 e. The van der Waals surface area contributed by atoms with Crippen molar-refractivity contribution in [2.24, 2.45) is 5.73 Å². The molecule has 0 saturated carbocycles. The van der Waals surface area contributed by atoms with E-state index in [4.69, 9.17) is 22.1 Å². The molecule has 3 heteroatoms. The average Bonchev–Trinajstić information content (AvgIpc) is 2.15. The SMILES string of the molecule is CCCOc1ccc([C@H](C)N)cc1Cl. The molecule has 0 fully saturated rings. The van der Waals surface area contributed by atoms with Crippen molar-refractivity contribution in [2.45, 2.75) is 26.3 Å². The molecule has 0 heterocycles. The van der Waals surface area contributed by atoms with Crippen LogP contribution in [0.3, 0.4) is 0 Å². The maximum absolute atomic E-state index is 6.03. The maximum atomic E-state index is 6.03. The van der Waals surface area contributed by atoms with Crippen molar-refractivity contribution in [3.05, 3.63) is 28.8 Å². The zero-order valence-electron chi connectivity index (χ0n) is 8.59. The van der Waals surface area contributed by atoms with Crippen LogP contribution in [0.25, 0.3) is 0 Å². The molecule has 0 aliphatic heterocycles. The van der Waals surface area contributed by atoms with Gasteiger partial charge in [-0.25, -0.2) is 0 Å². The van der Waals surface area contributed by atoms with E-state index >= 15 is 0 Å². The molecular weight excluding hydrogens is 198 g/mol. The first-order valence-corrected chi connectivity index (χ1v) is 5.20. The number of benzene rings is 1. The van der Waals surface area contributed by atoms with E-state index < -0.39 is 0 Å². The summed E-state index contributed by atoms with van der Waals surface area (Å²) in [7, 11) is 0. The zero-order chi connectivity index (χ0) is 10.6. The molecule has 0 saturated heterocycles. The van der Waals surface area contributed by atoms with Gasteiger partial charge in [-0.2, -0.15) is 0 Å². The molecule has 0 radical (unpaired) electrons. The van der Waals surface area contributed by atoms with E-state index in [1.807, 2.05) is 25.1 Å². The summed E-state index contributed by atoms with van der Waals surface area (Å²) in [5.74, 6) is 0.734. The number of nitrogens with two attached hydrogens (primary N) is 1. The second-order valence-corrected chi connectivity index (χ2v) is 3.73. The Labute approximate surface area is 90.0 Å². The van der Waals surface area contributed by atoms with Gasteiger partial charge >= 0.3 is 0 Å². The second-order valence-electron chi connectivity index (χ2n) is 3.33. The molecule has 0 bridgehead atoms. The Morgan fingerprint density at radius 3 is 2.71 bits per heavy atom. The highest BCUT2D eigenvalue weighted by atomic mass is 35.5. The number of hydrogen-bond donors (Lipinski definition) is 1. The third-order valence-corrected chi connectivity index (χ3v) is 2.24. The summed E-state index contributed by atoms with van der Waals surface area (Å²) in [6, 6.07) is 5.68. The minimum absolute atomic E-state index is 0.00715. The van der Waals surface area contributed by atoms with E-state index in [1.165, 1.54) is 0 Å². The van der Waals surface area contributed by atoms with E-state index in [0.29, 0.717) is 11.6 Å². The van der Waals surface area contributed by atoms with Crippen molar-refractivity contribution in [1.29, 1.82) is 0 Å². The van der Waals surface area contributed by atoms with Gasteiger partial charge in [0.1, 0.15) is 5.75 Å². The Kier molecular flexibility index (Phi) is 4.23. The molecule has 0 aliphatic rings. The number of ether oxygens (including phenoxy) is 1. The van der Waals surface area contributed by atoms with Gasteiger partial charge in [0.2, 0.25) is 0 Å². The normalized spacial score (nSPS) is 12.6. The van der Waals surface area contributed by atoms with Crippen LogP contribution in [-0.2, 0) is 0 Å². The Morgan fingerprint density at radius 1 is 1.50 bits per heavy atom. The quantitative estimate of drug-likeness (QED) is 0.834. The Bertz CT molecular complexity index is 299. The molecular formula is C11H16ClNO. The van der Waals surface area contributed by atoms with Crippen LogP contribution in [0.15, 0.2) is 18.2 Å². The number of rotatable bonds is 4. The van der Waals surface area contributed by atoms with Crippen molar-refractivity contribution in [3.63, 3.8) is 0 Å². The number of halogens is 1. The average molecular weight is 214 g/mol. The van der Waals surface area contributed by atoms with Crippen molar-refractivity contribution >= 4 is 11.6 Å². The lowest BCUT2D eigenvalue weighted by Gasteiger charge is -2.10. The molecule has 0 aliphatic carbocycles. The first-order chi connectivity index (χ1) is 6.65. The van der Waals surface area contributed by atoms with Gasteiger partial charge in [0.05, 0.1) is 11.6 Å². The van der Waals surface area contributed by atoms with Gasteiger partial charge in [-0.1, -0.05) is 24.6 Å². The van der Waals surface area contributed by atoms with Crippen molar-refractivity contribution in [2.75, 3.05) is 6.61 Å². The van der Waals surface area contributed by atoms with Crippen LogP contribution in [0.2, 0.25) is 5.02 Å². The van der Waals surface area contributed by atoms with Crippen molar-refractivity contribution < 1.29 is 4.74 Å². The molecule has 1 aromatic carbocycles. The molecule has 2 N–H and O–H groups in total. The summed E-state index contributed by atoms with van der Waals surface area (Å²) in [5, 5.41) is 0.633. The summed E-state index contributed by atoms with van der Waals surface area (Å²) >= 11 is 6.03. The summed E-state index contributed by atoms with van der Waals surface area (Å²) in [6.45, 7) is 4.68. The highest BCUT2D eigenvalue weighted by molar-refractivity contribution is 6.32. The summed E-state index contributed by atoms with van der Waals surface area (Å²) in [5.41, 5.74) is 6.76. The van der Waals surface area contributed by atoms with Crippen LogP contribution in [0, 0.1) is 0 Å². The molecule has 2 nitrogen and oxygen atoms in total. The van der Waals surface area contributed by atoms with Gasteiger partial charge in [0, 0.05) is 6.04 Å². The molecule has 1 aromatic rings. The Morgan fingerprint density at radius 2 is 2.21 bits per heavy atom. The number of hydrogen-bond acceptors (Lipinski definition) is 2. The van der Waals surface area contributed by atoms with Crippen LogP contribution in [0.4, 0.5) is 0 Å². The third-order valence-electron chi connectivity index (χ3n) is 1.94. The highest BCUT2D eigenvalue weighted by Gasteiger charge is 2.05. The predicted octanol–water partition coefficient (Wildman–Crippen LogP) is 3.15. The summed E-state index contributed by atoms with van der Waals surface area (Å²) < 4.78 is 5.45. The fourth-order valence-electron chi connectivity index (χ4n) is 1.13. The molecule has 0 aromatic heterocycles. The standard InChI is InChI=1S/C11H16ClNO/c1-3-6-14-11-5-4-9(8(2)13)7-10(11)12/h4-5,7-8H,3,6,13H2,1-2H3/t8-/m0/s1. The van der Waals surface area contributed by atoms with Gasteiger partial charge in [-0.3, -0.25) is 0 Å². The largest absolute Gasteiger partial charge is 0.492 e. The summed E-state index contributed by atoms with van der Waals surface area (Å²) in [6.07, 6.45) is 0.978. The fourth-order valence-corrected chi connectivity index (χ4v) is 1.37. The van der Waals surface area contributed by atoms with E-state index in [2.05, 4.69) is 6.92 Å². The van der Waals surface area contributed by atoms with Crippen LogP contribution in [-0.4, -0.2) is 6.61 Å². The molecule has 0 amide bonds.